The summed E-state index contributed by atoms with van der Waals surface area (Å²) in [6.45, 7) is 0. The Labute approximate surface area is 142 Å². The quantitative estimate of drug-likeness (QED) is 0.555. The number of thiophene rings is 1. The van der Waals surface area contributed by atoms with Crippen LogP contribution >= 0.6 is 27.3 Å². The zero-order valence-electron chi connectivity index (χ0n) is 11.4. The van der Waals surface area contributed by atoms with Crippen LogP contribution in [0.3, 0.4) is 0 Å². The van der Waals surface area contributed by atoms with Gasteiger partial charge < -0.3 is 8.83 Å². The fourth-order valence-corrected chi connectivity index (χ4v) is 3.34. The summed E-state index contributed by atoms with van der Waals surface area (Å²) in [5, 5.41) is 11.2. The maximum Gasteiger partial charge on any atom is 0.322 e. The fraction of sp³-hybridized carbons (Fsp3) is 0. The standard InChI is InChI=1S/C15H8BrN3O3S/c16-12-6-5-11(23-12)13(20)17-15-19-18-14(22-15)10-7-8-3-1-2-4-9(8)21-10/h1-7H,(H,17,19,20). The van der Waals surface area contributed by atoms with E-state index in [0.717, 1.165) is 14.8 Å². The first kappa shape index (κ1) is 14.2. The van der Waals surface area contributed by atoms with Crippen LogP contribution in [0.1, 0.15) is 9.67 Å². The molecule has 1 amide bonds. The van der Waals surface area contributed by atoms with E-state index < -0.39 is 0 Å². The molecular formula is C15H8BrN3O3S. The van der Waals surface area contributed by atoms with Gasteiger partial charge in [0, 0.05) is 5.39 Å². The fourth-order valence-electron chi connectivity index (χ4n) is 2.06. The predicted octanol–water partition coefficient (Wildman–Crippen LogP) is 4.56. The smallest absolute Gasteiger partial charge is 0.322 e. The summed E-state index contributed by atoms with van der Waals surface area (Å²) in [5.41, 5.74) is 0.731. The minimum absolute atomic E-state index is 0.0231. The van der Waals surface area contributed by atoms with Gasteiger partial charge in [-0.2, -0.15) is 0 Å². The molecule has 6 nitrogen and oxygen atoms in total. The van der Waals surface area contributed by atoms with Gasteiger partial charge in [0.25, 0.3) is 11.8 Å². The van der Waals surface area contributed by atoms with Crippen LogP contribution in [-0.4, -0.2) is 16.1 Å². The van der Waals surface area contributed by atoms with Crippen LogP contribution in [0.25, 0.3) is 22.6 Å². The van der Waals surface area contributed by atoms with Crippen LogP contribution in [0.15, 0.2) is 55.1 Å². The van der Waals surface area contributed by atoms with Crippen molar-refractivity contribution in [1.29, 1.82) is 0 Å². The van der Waals surface area contributed by atoms with Crippen molar-refractivity contribution in [3.05, 3.63) is 51.1 Å². The molecule has 0 spiro atoms. The number of anilines is 1. The number of rotatable bonds is 3. The maximum atomic E-state index is 12.0. The SMILES string of the molecule is O=C(Nc1nnc(-c2cc3ccccc3o2)o1)c1ccc(Br)s1. The van der Waals surface area contributed by atoms with E-state index in [1.165, 1.54) is 11.3 Å². The van der Waals surface area contributed by atoms with Crippen molar-refractivity contribution >= 4 is 50.2 Å². The highest BCUT2D eigenvalue weighted by atomic mass is 79.9. The maximum absolute atomic E-state index is 12.0. The average Bonchev–Trinajstić information content (AvgIpc) is 3.25. The van der Waals surface area contributed by atoms with E-state index in [9.17, 15) is 4.79 Å². The Kier molecular flexibility index (Phi) is 3.47. The first-order valence-electron chi connectivity index (χ1n) is 6.58. The molecule has 0 aliphatic heterocycles. The Bertz CT molecular complexity index is 971. The Morgan fingerprint density at radius 3 is 2.78 bits per heavy atom. The molecule has 114 valence electrons. The summed E-state index contributed by atoms with van der Waals surface area (Å²) < 4.78 is 12.0. The monoisotopic (exact) mass is 389 g/mol. The molecule has 0 radical (unpaired) electrons. The molecule has 0 fully saturated rings. The van der Waals surface area contributed by atoms with Crippen LogP contribution in [0, 0.1) is 0 Å². The molecule has 3 aromatic heterocycles. The number of benzene rings is 1. The molecular weight excluding hydrogens is 382 g/mol. The highest BCUT2D eigenvalue weighted by Gasteiger charge is 2.16. The van der Waals surface area contributed by atoms with Gasteiger partial charge >= 0.3 is 6.01 Å². The number of carbonyl (C=O) groups is 1. The van der Waals surface area contributed by atoms with Gasteiger partial charge in [0.15, 0.2) is 5.76 Å². The number of furan rings is 1. The Morgan fingerprint density at radius 1 is 1.13 bits per heavy atom. The molecule has 4 aromatic rings. The number of nitrogens with one attached hydrogen (secondary N) is 1. The van der Waals surface area contributed by atoms with Gasteiger partial charge in [-0.05, 0) is 40.2 Å². The lowest BCUT2D eigenvalue weighted by Crippen LogP contribution is -2.10. The van der Waals surface area contributed by atoms with Gasteiger partial charge in [-0.3, -0.25) is 10.1 Å². The number of para-hydroxylation sites is 1. The first-order chi connectivity index (χ1) is 11.2. The Morgan fingerprint density at radius 2 is 2.00 bits per heavy atom. The zero-order chi connectivity index (χ0) is 15.8. The molecule has 0 aliphatic carbocycles. The summed E-state index contributed by atoms with van der Waals surface area (Å²) in [6.07, 6.45) is 0. The number of amides is 1. The average molecular weight is 390 g/mol. The topological polar surface area (TPSA) is 81.2 Å². The highest BCUT2D eigenvalue weighted by Crippen LogP contribution is 2.28. The van der Waals surface area contributed by atoms with E-state index in [1.54, 1.807) is 12.1 Å². The van der Waals surface area contributed by atoms with Crippen LogP contribution in [0.4, 0.5) is 6.01 Å². The van der Waals surface area contributed by atoms with Crippen molar-refractivity contribution in [2.75, 3.05) is 5.32 Å². The number of nitrogens with zero attached hydrogens (tertiary/aromatic N) is 2. The van der Waals surface area contributed by atoms with Crippen LogP contribution in [-0.2, 0) is 0 Å². The van der Waals surface area contributed by atoms with Crippen LogP contribution in [0.2, 0.25) is 0 Å². The molecule has 8 heteroatoms. The second-order valence-electron chi connectivity index (χ2n) is 4.62. The third-order valence-electron chi connectivity index (χ3n) is 3.08. The second kappa shape index (κ2) is 5.64. The lowest BCUT2D eigenvalue weighted by molar-refractivity contribution is 0.102. The van der Waals surface area contributed by atoms with E-state index in [4.69, 9.17) is 8.83 Å². The predicted molar refractivity (Wildman–Crippen MR) is 89.5 cm³/mol. The number of fused-ring (bicyclic) bond motifs is 1. The van der Waals surface area contributed by atoms with Gasteiger partial charge in [-0.25, -0.2) is 0 Å². The lowest BCUT2D eigenvalue weighted by Gasteiger charge is -1.95. The van der Waals surface area contributed by atoms with Crippen molar-refractivity contribution in [2.45, 2.75) is 0 Å². The minimum Gasteiger partial charge on any atom is -0.451 e. The summed E-state index contributed by atoms with van der Waals surface area (Å²) in [5.74, 6) is 0.363. The highest BCUT2D eigenvalue weighted by molar-refractivity contribution is 9.11. The van der Waals surface area contributed by atoms with E-state index in [0.29, 0.717) is 10.6 Å². The molecule has 0 atom stereocenters. The Hall–Kier alpha value is -2.45. The van der Waals surface area contributed by atoms with Crippen molar-refractivity contribution < 1.29 is 13.6 Å². The van der Waals surface area contributed by atoms with Crippen LogP contribution < -0.4 is 5.32 Å². The van der Waals surface area contributed by atoms with E-state index >= 15 is 0 Å². The molecule has 0 aliphatic rings. The Balaban J connectivity index is 1.57. The first-order valence-corrected chi connectivity index (χ1v) is 8.19. The normalized spacial score (nSPS) is 11.0. The van der Waals surface area contributed by atoms with E-state index in [-0.39, 0.29) is 17.8 Å². The molecule has 4 rings (SSSR count). The van der Waals surface area contributed by atoms with Crippen molar-refractivity contribution in [3.63, 3.8) is 0 Å². The summed E-state index contributed by atoms with van der Waals surface area (Å²) in [4.78, 5) is 12.6. The number of hydrogen-bond donors (Lipinski definition) is 1. The molecule has 23 heavy (non-hydrogen) atoms. The molecule has 3 heterocycles. The van der Waals surface area contributed by atoms with Gasteiger partial charge in [-0.15, -0.1) is 16.4 Å². The van der Waals surface area contributed by atoms with E-state index in [1.807, 2.05) is 30.3 Å². The zero-order valence-corrected chi connectivity index (χ0v) is 13.8. The molecule has 1 N–H and O–H groups in total. The van der Waals surface area contributed by atoms with Crippen molar-refractivity contribution in [3.8, 4) is 11.7 Å². The third kappa shape index (κ3) is 2.78. The van der Waals surface area contributed by atoms with Crippen molar-refractivity contribution in [2.24, 2.45) is 0 Å². The lowest BCUT2D eigenvalue weighted by atomic mass is 10.2. The summed E-state index contributed by atoms with van der Waals surface area (Å²) in [7, 11) is 0. The minimum atomic E-state index is -0.305. The van der Waals surface area contributed by atoms with E-state index in [2.05, 4.69) is 31.4 Å². The summed E-state index contributed by atoms with van der Waals surface area (Å²) >= 11 is 4.63. The van der Waals surface area contributed by atoms with Gasteiger partial charge in [0.05, 0.1) is 8.66 Å². The van der Waals surface area contributed by atoms with Gasteiger partial charge in [0.1, 0.15) is 5.58 Å². The van der Waals surface area contributed by atoms with Crippen molar-refractivity contribution in [1.82, 2.24) is 10.2 Å². The molecule has 0 bridgehead atoms. The largest absolute Gasteiger partial charge is 0.451 e. The van der Waals surface area contributed by atoms with Crippen LogP contribution in [0.5, 0.6) is 0 Å². The summed E-state index contributed by atoms with van der Waals surface area (Å²) in [6, 6.07) is 12.9. The second-order valence-corrected chi connectivity index (χ2v) is 7.08. The third-order valence-corrected chi connectivity index (χ3v) is 4.70. The number of halogens is 1. The molecule has 0 unspecified atom stereocenters. The number of hydrogen-bond acceptors (Lipinski definition) is 6. The number of carbonyl (C=O) groups excluding carboxylic acids is 1. The molecule has 0 saturated carbocycles. The van der Waals surface area contributed by atoms with Gasteiger partial charge in [-0.1, -0.05) is 23.3 Å². The van der Waals surface area contributed by atoms with Gasteiger partial charge in [0.2, 0.25) is 0 Å². The number of aromatic nitrogens is 2. The molecule has 0 saturated heterocycles. The molecule has 1 aromatic carbocycles.